The summed E-state index contributed by atoms with van der Waals surface area (Å²) in [5, 5.41) is 3.59. The molecule has 0 bridgehead atoms. The first kappa shape index (κ1) is 10.2. The van der Waals surface area contributed by atoms with E-state index in [2.05, 4.69) is 64.1 Å². The average molecular weight is 302 g/mol. The van der Waals surface area contributed by atoms with Gasteiger partial charge in [0.1, 0.15) is 0 Å². The van der Waals surface area contributed by atoms with E-state index in [4.69, 9.17) is 0 Å². The Morgan fingerprint density at radius 1 is 1.43 bits per heavy atom. The minimum absolute atomic E-state index is 0.621. The first-order chi connectivity index (χ1) is 6.75. The summed E-state index contributed by atoms with van der Waals surface area (Å²) in [6, 6.07) is 9.08. The van der Waals surface area contributed by atoms with Gasteiger partial charge in [-0.05, 0) is 54.7 Å². The summed E-state index contributed by atoms with van der Waals surface area (Å²) in [4.78, 5) is 2.37. The van der Waals surface area contributed by atoms with Crippen LogP contribution in [0.3, 0.4) is 0 Å². The number of rotatable bonds is 2. The normalized spacial score (nSPS) is 22.6. The second-order valence-electron chi connectivity index (χ2n) is 3.87. The van der Waals surface area contributed by atoms with Crippen LogP contribution in [0.5, 0.6) is 0 Å². The maximum atomic E-state index is 3.59. The zero-order valence-corrected chi connectivity index (χ0v) is 10.5. The molecule has 3 heteroatoms. The maximum absolute atomic E-state index is 3.59. The number of benzene rings is 1. The Hall–Kier alpha value is -0.290. The highest BCUT2D eigenvalue weighted by atomic mass is 127. The van der Waals surface area contributed by atoms with E-state index in [1.165, 1.54) is 22.2 Å². The predicted molar refractivity (Wildman–Crippen MR) is 68.7 cm³/mol. The molecule has 1 fully saturated rings. The largest absolute Gasteiger partial charge is 0.380 e. The highest BCUT2D eigenvalue weighted by molar-refractivity contribution is 14.1. The highest BCUT2D eigenvalue weighted by Crippen LogP contribution is 2.20. The van der Waals surface area contributed by atoms with E-state index >= 15 is 0 Å². The molecule has 1 atom stereocenters. The van der Waals surface area contributed by atoms with Gasteiger partial charge in [0.05, 0.1) is 0 Å². The van der Waals surface area contributed by atoms with Crippen molar-refractivity contribution in [3.63, 3.8) is 0 Å². The van der Waals surface area contributed by atoms with Crippen molar-refractivity contribution in [3.8, 4) is 0 Å². The number of likely N-dealkylation sites (N-methyl/N-ethyl adjacent to an activating group) is 1. The third kappa shape index (κ3) is 2.39. The van der Waals surface area contributed by atoms with Crippen molar-refractivity contribution < 1.29 is 0 Å². The fourth-order valence-corrected chi connectivity index (χ4v) is 2.39. The van der Waals surface area contributed by atoms with Gasteiger partial charge in [-0.3, -0.25) is 0 Å². The standard InChI is InChI=1S/C11H15IN2/c1-14-7-6-9(8-14)13-11-5-3-2-4-10(11)12/h2-5,9,13H,6-8H2,1H3. The van der Waals surface area contributed by atoms with Gasteiger partial charge in [0.15, 0.2) is 0 Å². The molecule has 1 aliphatic rings. The van der Waals surface area contributed by atoms with E-state index in [0.29, 0.717) is 6.04 Å². The van der Waals surface area contributed by atoms with Crippen molar-refractivity contribution in [3.05, 3.63) is 27.8 Å². The minimum atomic E-state index is 0.621. The van der Waals surface area contributed by atoms with Gasteiger partial charge in [0.25, 0.3) is 0 Å². The van der Waals surface area contributed by atoms with Gasteiger partial charge >= 0.3 is 0 Å². The van der Waals surface area contributed by atoms with Crippen LogP contribution in [0.1, 0.15) is 6.42 Å². The molecule has 0 amide bonds. The second-order valence-corrected chi connectivity index (χ2v) is 5.03. The Kier molecular flexibility index (Phi) is 3.28. The van der Waals surface area contributed by atoms with Gasteiger partial charge in [-0.1, -0.05) is 12.1 Å². The lowest BCUT2D eigenvalue weighted by Crippen LogP contribution is -2.23. The zero-order valence-electron chi connectivity index (χ0n) is 8.33. The SMILES string of the molecule is CN1CCC(Nc2ccccc2I)C1. The minimum Gasteiger partial charge on any atom is -0.380 e. The Labute approximate surface area is 98.8 Å². The van der Waals surface area contributed by atoms with E-state index in [9.17, 15) is 0 Å². The Morgan fingerprint density at radius 2 is 2.21 bits per heavy atom. The van der Waals surface area contributed by atoms with Crippen LogP contribution in [0.4, 0.5) is 5.69 Å². The fraction of sp³-hybridized carbons (Fsp3) is 0.455. The molecule has 1 heterocycles. The van der Waals surface area contributed by atoms with E-state index in [-0.39, 0.29) is 0 Å². The van der Waals surface area contributed by atoms with E-state index in [0.717, 1.165) is 6.54 Å². The molecule has 0 radical (unpaired) electrons. The van der Waals surface area contributed by atoms with Crippen molar-refractivity contribution in [1.82, 2.24) is 4.90 Å². The molecular weight excluding hydrogens is 287 g/mol. The molecule has 2 rings (SSSR count). The van der Waals surface area contributed by atoms with Crippen LogP contribution in [-0.4, -0.2) is 31.1 Å². The molecule has 14 heavy (non-hydrogen) atoms. The summed E-state index contributed by atoms with van der Waals surface area (Å²) < 4.78 is 1.31. The van der Waals surface area contributed by atoms with Gasteiger partial charge in [0.2, 0.25) is 0 Å². The van der Waals surface area contributed by atoms with Crippen molar-refractivity contribution in [2.75, 3.05) is 25.5 Å². The van der Waals surface area contributed by atoms with E-state index < -0.39 is 0 Å². The van der Waals surface area contributed by atoms with Crippen LogP contribution < -0.4 is 5.32 Å². The van der Waals surface area contributed by atoms with Crippen LogP contribution in [0, 0.1) is 3.57 Å². The zero-order chi connectivity index (χ0) is 9.97. The maximum Gasteiger partial charge on any atom is 0.0478 e. The Morgan fingerprint density at radius 3 is 2.86 bits per heavy atom. The first-order valence-electron chi connectivity index (χ1n) is 4.95. The molecule has 1 aliphatic heterocycles. The molecule has 1 unspecified atom stereocenters. The number of anilines is 1. The number of hydrogen-bond acceptors (Lipinski definition) is 2. The van der Waals surface area contributed by atoms with Crippen LogP contribution in [0.2, 0.25) is 0 Å². The molecule has 1 aromatic rings. The monoisotopic (exact) mass is 302 g/mol. The average Bonchev–Trinajstić information content (AvgIpc) is 2.56. The predicted octanol–water partition coefficient (Wildman–Crippen LogP) is 2.41. The van der Waals surface area contributed by atoms with Gasteiger partial charge in [-0.25, -0.2) is 0 Å². The quantitative estimate of drug-likeness (QED) is 0.844. The lowest BCUT2D eigenvalue weighted by molar-refractivity contribution is 0.414. The lowest BCUT2D eigenvalue weighted by Gasteiger charge is -2.15. The number of halogens is 1. The van der Waals surface area contributed by atoms with Crippen molar-refractivity contribution in [2.45, 2.75) is 12.5 Å². The summed E-state index contributed by atoms with van der Waals surface area (Å²) >= 11 is 2.38. The van der Waals surface area contributed by atoms with Crippen LogP contribution in [0.25, 0.3) is 0 Å². The highest BCUT2D eigenvalue weighted by Gasteiger charge is 2.19. The van der Waals surface area contributed by atoms with Gasteiger partial charge in [-0.2, -0.15) is 0 Å². The summed E-state index contributed by atoms with van der Waals surface area (Å²) in [5.41, 5.74) is 1.27. The molecule has 0 aliphatic carbocycles. The first-order valence-corrected chi connectivity index (χ1v) is 6.03. The number of para-hydroxylation sites is 1. The smallest absolute Gasteiger partial charge is 0.0478 e. The Balaban J connectivity index is 2.01. The third-order valence-corrected chi connectivity index (χ3v) is 3.57. The third-order valence-electron chi connectivity index (χ3n) is 2.62. The molecule has 1 N–H and O–H groups in total. The van der Waals surface area contributed by atoms with Gasteiger partial charge in [-0.15, -0.1) is 0 Å². The molecule has 1 saturated heterocycles. The fourth-order valence-electron chi connectivity index (χ4n) is 1.85. The molecule has 0 spiro atoms. The summed E-state index contributed by atoms with van der Waals surface area (Å²) in [5.74, 6) is 0. The molecule has 0 aromatic heterocycles. The van der Waals surface area contributed by atoms with Crippen LogP contribution >= 0.6 is 22.6 Å². The summed E-state index contributed by atoms with van der Waals surface area (Å²) in [6.45, 7) is 2.37. The Bertz CT molecular complexity index is 314. The van der Waals surface area contributed by atoms with Gasteiger partial charge in [0, 0.05) is 21.8 Å². The van der Waals surface area contributed by atoms with Crippen molar-refractivity contribution >= 4 is 28.3 Å². The van der Waals surface area contributed by atoms with Crippen molar-refractivity contribution in [2.24, 2.45) is 0 Å². The second kappa shape index (κ2) is 4.49. The van der Waals surface area contributed by atoms with Crippen LogP contribution in [-0.2, 0) is 0 Å². The topological polar surface area (TPSA) is 15.3 Å². The molecular formula is C11H15IN2. The lowest BCUT2D eigenvalue weighted by atomic mass is 10.2. The number of nitrogens with zero attached hydrogens (tertiary/aromatic N) is 1. The summed E-state index contributed by atoms with van der Waals surface area (Å²) in [6.07, 6.45) is 1.25. The number of nitrogens with one attached hydrogen (secondary N) is 1. The van der Waals surface area contributed by atoms with E-state index in [1.54, 1.807) is 0 Å². The molecule has 76 valence electrons. The van der Waals surface area contributed by atoms with Gasteiger partial charge < -0.3 is 10.2 Å². The number of hydrogen-bond donors (Lipinski definition) is 1. The van der Waals surface area contributed by atoms with Crippen molar-refractivity contribution in [1.29, 1.82) is 0 Å². The summed E-state index contributed by atoms with van der Waals surface area (Å²) in [7, 11) is 2.18. The number of likely N-dealkylation sites (tertiary alicyclic amines) is 1. The molecule has 1 aromatic carbocycles. The molecule has 0 saturated carbocycles. The molecule has 2 nitrogen and oxygen atoms in total. The van der Waals surface area contributed by atoms with E-state index in [1.807, 2.05) is 0 Å². The van der Waals surface area contributed by atoms with Crippen LogP contribution in [0.15, 0.2) is 24.3 Å².